The third-order valence-electron chi connectivity index (χ3n) is 3.63. The van der Waals surface area contributed by atoms with Gasteiger partial charge in [0.25, 0.3) is 0 Å². The molecule has 0 saturated carbocycles. The van der Waals surface area contributed by atoms with Gasteiger partial charge in [-0.25, -0.2) is 4.79 Å². The summed E-state index contributed by atoms with van der Waals surface area (Å²) in [5.41, 5.74) is 2.15. The van der Waals surface area contributed by atoms with E-state index >= 15 is 0 Å². The molecule has 118 valence electrons. The summed E-state index contributed by atoms with van der Waals surface area (Å²) >= 11 is 0. The molecule has 1 heterocycles. The van der Waals surface area contributed by atoms with E-state index < -0.39 is 5.97 Å². The Kier molecular flexibility index (Phi) is 4.57. The van der Waals surface area contributed by atoms with Gasteiger partial charge in [0, 0.05) is 13.1 Å². The van der Waals surface area contributed by atoms with Crippen LogP contribution in [-0.4, -0.2) is 30.0 Å². The lowest BCUT2D eigenvalue weighted by Crippen LogP contribution is -2.30. The fraction of sp³-hybridized carbons (Fsp3) is 0.222. The predicted molar refractivity (Wildman–Crippen MR) is 88.2 cm³/mol. The van der Waals surface area contributed by atoms with Crippen molar-refractivity contribution in [1.29, 1.82) is 0 Å². The zero-order valence-corrected chi connectivity index (χ0v) is 12.7. The molecule has 0 unspecified atom stereocenters. The Balaban J connectivity index is 1.73. The molecule has 0 aromatic heterocycles. The summed E-state index contributed by atoms with van der Waals surface area (Å²) in [6.45, 7) is 2.13. The van der Waals surface area contributed by atoms with Crippen molar-refractivity contribution in [3.63, 3.8) is 0 Å². The molecule has 0 bridgehead atoms. The van der Waals surface area contributed by atoms with E-state index in [4.69, 9.17) is 9.84 Å². The number of carbonyl (C=O) groups is 1. The number of hydrogen-bond acceptors (Lipinski definition) is 4. The van der Waals surface area contributed by atoms with E-state index in [2.05, 4.69) is 10.3 Å². The molecule has 0 fully saturated rings. The van der Waals surface area contributed by atoms with Gasteiger partial charge in [-0.1, -0.05) is 24.3 Å². The molecule has 5 nitrogen and oxygen atoms in total. The normalized spacial score (nSPS) is 13.8. The summed E-state index contributed by atoms with van der Waals surface area (Å²) in [5, 5.41) is 12.2. The Morgan fingerprint density at radius 1 is 1.17 bits per heavy atom. The van der Waals surface area contributed by atoms with Gasteiger partial charge in [0.2, 0.25) is 0 Å². The Morgan fingerprint density at radius 2 is 1.96 bits per heavy atom. The van der Waals surface area contributed by atoms with Crippen LogP contribution in [0.1, 0.15) is 27.9 Å². The smallest absolute Gasteiger partial charge is 0.335 e. The minimum Gasteiger partial charge on any atom is -0.488 e. The van der Waals surface area contributed by atoms with Crippen LogP contribution in [0.15, 0.2) is 53.5 Å². The summed E-state index contributed by atoms with van der Waals surface area (Å²) in [7, 11) is 0. The van der Waals surface area contributed by atoms with Gasteiger partial charge in [0.1, 0.15) is 18.2 Å². The monoisotopic (exact) mass is 310 g/mol. The fourth-order valence-corrected chi connectivity index (χ4v) is 2.41. The minimum absolute atomic E-state index is 0.273. The first-order valence-electron chi connectivity index (χ1n) is 7.57. The van der Waals surface area contributed by atoms with Crippen LogP contribution in [0.2, 0.25) is 0 Å². The number of carboxylic acid groups (broad SMARTS) is 1. The van der Waals surface area contributed by atoms with Gasteiger partial charge in [-0.15, -0.1) is 0 Å². The van der Waals surface area contributed by atoms with Gasteiger partial charge >= 0.3 is 5.97 Å². The van der Waals surface area contributed by atoms with Crippen LogP contribution < -0.4 is 10.1 Å². The highest BCUT2D eigenvalue weighted by Gasteiger charge is 2.12. The zero-order valence-electron chi connectivity index (χ0n) is 12.7. The fourth-order valence-electron chi connectivity index (χ4n) is 2.41. The number of nitrogens with one attached hydrogen (secondary N) is 1. The van der Waals surface area contributed by atoms with E-state index in [9.17, 15) is 4.79 Å². The number of carboxylic acids is 1. The van der Waals surface area contributed by atoms with Crippen molar-refractivity contribution < 1.29 is 14.6 Å². The molecular weight excluding hydrogens is 292 g/mol. The standard InChI is InChI=1S/C18H18N2O3/c21-18(22)14-8-6-13(7-9-14)12-23-16-5-2-1-4-15(16)17-19-10-3-11-20-17/h1-2,4-9H,3,10-12H2,(H,19,20)(H,21,22). The summed E-state index contributed by atoms with van der Waals surface area (Å²) in [6.07, 6.45) is 1.04. The van der Waals surface area contributed by atoms with Crippen LogP contribution in [0, 0.1) is 0 Å². The van der Waals surface area contributed by atoms with Crippen molar-refractivity contribution in [3.05, 3.63) is 65.2 Å². The average Bonchev–Trinajstić information content (AvgIpc) is 2.61. The van der Waals surface area contributed by atoms with E-state index in [-0.39, 0.29) is 5.56 Å². The number of para-hydroxylation sites is 1. The second-order valence-electron chi connectivity index (χ2n) is 5.30. The number of rotatable bonds is 5. The highest BCUT2D eigenvalue weighted by Crippen LogP contribution is 2.20. The van der Waals surface area contributed by atoms with Crippen molar-refractivity contribution in [1.82, 2.24) is 5.32 Å². The van der Waals surface area contributed by atoms with Gasteiger partial charge in [0.05, 0.1) is 11.1 Å². The number of benzene rings is 2. The largest absolute Gasteiger partial charge is 0.488 e. The van der Waals surface area contributed by atoms with Crippen LogP contribution in [0.5, 0.6) is 5.75 Å². The number of hydrogen-bond donors (Lipinski definition) is 2. The van der Waals surface area contributed by atoms with Crippen LogP contribution in [0.3, 0.4) is 0 Å². The van der Waals surface area contributed by atoms with Crippen LogP contribution >= 0.6 is 0 Å². The maximum atomic E-state index is 10.9. The summed E-state index contributed by atoms with van der Waals surface area (Å²) in [4.78, 5) is 15.4. The van der Waals surface area contributed by atoms with Crippen molar-refractivity contribution >= 4 is 11.8 Å². The molecule has 5 heteroatoms. The Hall–Kier alpha value is -2.82. The molecule has 2 N–H and O–H groups in total. The molecule has 1 aliphatic rings. The van der Waals surface area contributed by atoms with Crippen molar-refractivity contribution in [2.45, 2.75) is 13.0 Å². The highest BCUT2D eigenvalue weighted by molar-refractivity contribution is 6.01. The van der Waals surface area contributed by atoms with Crippen molar-refractivity contribution in [2.24, 2.45) is 4.99 Å². The van der Waals surface area contributed by atoms with E-state index in [1.165, 1.54) is 0 Å². The van der Waals surface area contributed by atoms with E-state index in [0.717, 1.165) is 42.2 Å². The molecule has 0 amide bonds. The Morgan fingerprint density at radius 3 is 2.65 bits per heavy atom. The molecular formula is C18H18N2O3. The predicted octanol–water partition coefficient (Wildman–Crippen LogP) is 2.70. The van der Waals surface area contributed by atoms with Crippen molar-refractivity contribution in [2.75, 3.05) is 13.1 Å². The quantitative estimate of drug-likeness (QED) is 0.891. The topological polar surface area (TPSA) is 70.9 Å². The van der Waals surface area contributed by atoms with Gasteiger partial charge < -0.3 is 15.2 Å². The lowest BCUT2D eigenvalue weighted by atomic mass is 10.1. The van der Waals surface area contributed by atoms with Crippen LogP contribution in [-0.2, 0) is 6.61 Å². The summed E-state index contributed by atoms with van der Waals surface area (Å²) in [5.74, 6) is 0.709. The summed E-state index contributed by atoms with van der Waals surface area (Å²) < 4.78 is 5.91. The molecule has 0 saturated heterocycles. The Labute approximate surface area is 134 Å². The molecule has 0 spiro atoms. The zero-order chi connectivity index (χ0) is 16.1. The highest BCUT2D eigenvalue weighted by atomic mass is 16.5. The second-order valence-corrected chi connectivity index (χ2v) is 5.30. The van der Waals surface area contributed by atoms with Gasteiger partial charge in [-0.3, -0.25) is 4.99 Å². The minimum atomic E-state index is -0.927. The molecule has 2 aromatic carbocycles. The lowest BCUT2D eigenvalue weighted by Gasteiger charge is -2.17. The molecule has 1 aliphatic heterocycles. The van der Waals surface area contributed by atoms with Gasteiger partial charge in [-0.2, -0.15) is 0 Å². The molecule has 0 aliphatic carbocycles. The third-order valence-corrected chi connectivity index (χ3v) is 3.63. The molecule has 2 aromatic rings. The number of nitrogens with zero attached hydrogens (tertiary/aromatic N) is 1. The van der Waals surface area contributed by atoms with E-state index in [1.807, 2.05) is 24.3 Å². The first-order valence-corrected chi connectivity index (χ1v) is 7.57. The van der Waals surface area contributed by atoms with Gasteiger partial charge in [-0.05, 0) is 36.2 Å². The SMILES string of the molecule is O=C(O)c1ccc(COc2ccccc2C2=NCCCN2)cc1. The number of ether oxygens (including phenoxy) is 1. The number of amidine groups is 1. The van der Waals surface area contributed by atoms with Crippen LogP contribution in [0.25, 0.3) is 0 Å². The van der Waals surface area contributed by atoms with Crippen molar-refractivity contribution in [3.8, 4) is 5.75 Å². The summed E-state index contributed by atoms with van der Waals surface area (Å²) in [6, 6.07) is 14.5. The van der Waals surface area contributed by atoms with Crippen LogP contribution in [0.4, 0.5) is 0 Å². The van der Waals surface area contributed by atoms with E-state index in [1.54, 1.807) is 24.3 Å². The molecule has 0 atom stereocenters. The molecule has 0 radical (unpaired) electrons. The first kappa shape index (κ1) is 15.1. The maximum absolute atomic E-state index is 10.9. The molecule has 23 heavy (non-hydrogen) atoms. The first-order chi connectivity index (χ1) is 11.2. The third kappa shape index (κ3) is 3.69. The van der Waals surface area contributed by atoms with Gasteiger partial charge in [0.15, 0.2) is 0 Å². The number of aliphatic imine (C=N–C) groups is 1. The maximum Gasteiger partial charge on any atom is 0.335 e. The lowest BCUT2D eigenvalue weighted by molar-refractivity contribution is 0.0697. The molecule has 3 rings (SSSR count). The Bertz CT molecular complexity index is 723. The average molecular weight is 310 g/mol. The second kappa shape index (κ2) is 6.96. The number of aromatic carboxylic acids is 1. The van der Waals surface area contributed by atoms with E-state index in [0.29, 0.717) is 6.61 Å².